The molecule has 4 rings (SSSR count). The van der Waals surface area contributed by atoms with E-state index in [-0.39, 0.29) is 0 Å². The van der Waals surface area contributed by atoms with Gasteiger partial charge in [0.2, 0.25) is 0 Å². The Bertz CT molecular complexity index is 622. The van der Waals surface area contributed by atoms with Crippen molar-refractivity contribution in [1.82, 2.24) is 5.16 Å². The number of ether oxygens (including phenoxy) is 1. The molecule has 2 atom stereocenters. The van der Waals surface area contributed by atoms with Crippen LogP contribution in [0.3, 0.4) is 0 Å². The average Bonchev–Trinajstić information content (AvgIpc) is 2.84. The van der Waals surface area contributed by atoms with Gasteiger partial charge in [-0.1, -0.05) is 23.7 Å². The number of nitrogen functional groups attached to an aromatic ring is 1. The van der Waals surface area contributed by atoms with Gasteiger partial charge in [0, 0.05) is 5.92 Å². The summed E-state index contributed by atoms with van der Waals surface area (Å²) in [5.74, 6) is 4.44. The topological polar surface area (TPSA) is 61.3 Å². The zero-order chi connectivity index (χ0) is 13.7. The summed E-state index contributed by atoms with van der Waals surface area (Å²) in [6, 6.07) is 7.92. The lowest BCUT2D eigenvalue weighted by molar-refractivity contribution is 0.376. The molecule has 20 heavy (non-hydrogen) atoms. The van der Waals surface area contributed by atoms with Crippen LogP contribution in [-0.2, 0) is 0 Å². The second kappa shape index (κ2) is 4.27. The summed E-state index contributed by atoms with van der Waals surface area (Å²) in [6.45, 7) is 0. The van der Waals surface area contributed by atoms with Crippen molar-refractivity contribution in [1.29, 1.82) is 0 Å². The van der Waals surface area contributed by atoms with Gasteiger partial charge in [-0.15, -0.1) is 0 Å². The first-order chi connectivity index (χ1) is 9.79. The minimum Gasteiger partial charge on any atom is -0.497 e. The van der Waals surface area contributed by atoms with Gasteiger partial charge in [0.15, 0.2) is 5.82 Å². The molecule has 0 radical (unpaired) electrons. The highest BCUT2D eigenvalue weighted by Gasteiger charge is 2.56. The third-order valence-corrected chi connectivity index (χ3v) is 4.83. The van der Waals surface area contributed by atoms with E-state index in [1.807, 2.05) is 24.3 Å². The number of hydrogen-bond donors (Lipinski definition) is 1. The number of hydrogen-bond acceptors (Lipinski definition) is 4. The zero-order valence-electron chi connectivity index (χ0n) is 11.5. The molecule has 0 aliphatic heterocycles. The largest absolute Gasteiger partial charge is 0.497 e. The van der Waals surface area contributed by atoms with Gasteiger partial charge >= 0.3 is 0 Å². The number of fused-ring (bicyclic) bond motifs is 1. The molecule has 1 heterocycles. The van der Waals surface area contributed by atoms with Crippen LogP contribution in [0.4, 0.5) is 5.82 Å². The van der Waals surface area contributed by atoms with E-state index in [0.29, 0.717) is 11.7 Å². The van der Waals surface area contributed by atoms with E-state index in [1.54, 1.807) is 7.11 Å². The first kappa shape index (κ1) is 11.8. The Hall–Kier alpha value is -1.97. The second-order valence-electron chi connectivity index (χ2n) is 5.82. The number of nitrogens with two attached hydrogens (primary N) is 1. The van der Waals surface area contributed by atoms with Crippen LogP contribution in [0.15, 0.2) is 28.8 Å². The molecule has 0 amide bonds. The molecule has 2 unspecified atom stereocenters. The Morgan fingerprint density at radius 2 is 1.90 bits per heavy atom. The van der Waals surface area contributed by atoms with Crippen LogP contribution in [0.25, 0.3) is 11.1 Å². The van der Waals surface area contributed by atoms with E-state index in [4.69, 9.17) is 15.0 Å². The van der Waals surface area contributed by atoms with E-state index in [0.717, 1.165) is 34.5 Å². The van der Waals surface area contributed by atoms with Crippen molar-refractivity contribution >= 4 is 5.82 Å². The number of methoxy groups -OCH3 is 1. The molecule has 2 aliphatic rings. The summed E-state index contributed by atoms with van der Waals surface area (Å²) in [6.07, 6.45) is 3.99. The molecule has 2 N–H and O–H groups in total. The second-order valence-corrected chi connectivity index (χ2v) is 5.82. The number of aromatic nitrogens is 1. The van der Waals surface area contributed by atoms with Gasteiger partial charge in [-0.05, 0) is 42.4 Å². The molecular weight excluding hydrogens is 252 g/mol. The van der Waals surface area contributed by atoms with E-state index >= 15 is 0 Å². The van der Waals surface area contributed by atoms with Gasteiger partial charge in [0.05, 0.1) is 12.7 Å². The third-order valence-electron chi connectivity index (χ3n) is 4.83. The van der Waals surface area contributed by atoms with E-state index in [1.165, 1.54) is 19.3 Å². The molecule has 0 saturated heterocycles. The number of nitrogens with zero attached hydrogens (tertiary/aromatic N) is 1. The summed E-state index contributed by atoms with van der Waals surface area (Å²) in [5.41, 5.74) is 8.06. The Balaban J connectivity index is 1.72. The average molecular weight is 270 g/mol. The van der Waals surface area contributed by atoms with E-state index in [9.17, 15) is 0 Å². The first-order valence-corrected chi connectivity index (χ1v) is 7.19. The Labute approximate surface area is 117 Å². The molecule has 4 heteroatoms. The van der Waals surface area contributed by atoms with Gasteiger partial charge in [-0.2, -0.15) is 0 Å². The fourth-order valence-corrected chi connectivity index (χ4v) is 3.80. The lowest BCUT2D eigenvalue weighted by Gasteiger charge is -2.05. The standard InChI is InChI=1S/C16H18N2O2/c1-19-10-7-5-9(6-8-10)13-15(20-18-16(13)17)14-11-3-2-4-12(11)14/h5-8,11-12,14H,2-4H2,1H3,(H2,17,18). The Morgan fingerprint density at radius 3 is 2.55 bits per heavy atom. The molecule has 0 spiro atoms. The van der Waals surface area contributed by atoms with Crippen LogP contribution in [-0.4, -0.2) is 12.3 Å². The maximum absolute atomic E-state index is 6.02. The summed E-state index contributed by atoms with van der Waals surface area (Å²) < 4.78 is 10.8. The van der Waals surface area contributed by atoms with Crippen molar-refractivity contribution in [2.24, 2.45) is 11.8 Å². The van der Waals surface area contributed by atoms with Gasteiger partial charge in [0.25, 0.3) is 0 Å². The first-order valence-electron chi connectivity index (χ1n) is 7.19. The molecular formula is C16H18N2O2. The zero-order valence-corrected chi connectivity index (χ0v) is 11.5. The van der Waals surface area contributed by atoms with Crippen molar-refractivity contribution in [3.63, 3.8) is 0 Å². The van der Waals surface area contributed by atoms with Crippen molar-refractivity contribution in [3.05, 3.63) is 30.0 Å². The number of rotatable bonds is 3. The smallest absolute Gasteiger partial charge is 0.175 e. The predicted molar refractivity (Wildman–Crippen MR) is 76.5 cm³/mol. The van der Waals surface area contributed by atoms with Crippen molar-refractivity contribution in [3.8, 4) is 16.9 Å². The number of anilines is 1. The van der Waals surface area contributed by atoms with Crippen molar-refractivity contribution in [2.75, 3.05) is 12.8 Å². The monoisotopic (exact) mass is 270 g/mol. The normalized spacial score (nSPS) is 27.4. The minimum atomic E-state index is 0.496. The molecule has 2 aliphatic carbocycles. The quantitative estimate of drug-likeness (QED) is 0.928. The van der Waals surface area contributed by atoms with Crippen LogP contribution < -0.4 is 10.5 Å². The highest BCUT2D eigenvalue weighted by Crippen LogP contribution is 2.64. The molecule has 1 aromatic heterocycles. The summed E-state index contributed by atoms with van der Waals surface area (Å²) in [5, 5.41) is 4.00. The lowest BCUT2D eigenvalue weighted by atomic mass is 10.00. The molecule has 0 bridgehead atoms. The highest BCUT2D eigenvalue weighted by molar-refractivity contribution is 5.76. The lowest BCUT2D eigenvalue weighted by Crippen LogP contribution is -1.92. The van der Waals surface area contributed by atoms with Crippen LogP contribution >= 0.6 is 0 Å². The summed E-state index contributed by atoms with van der Waals surface area (Å²) in [4.78, 5) is 0. The van der Waals surface area contributed by atoms with E-state index < -0.39 is 0 Å². The summed E-state index contributed by atoms with van der Waals surface area (Å²) in [7, 11) is 1.67. The SMILES string of the molecule is COc1ccc(-c2c(N)noc2C2C3CCCC32)cc1. The number of benzene rings is 1. The maximum Gasteiger partial charge on any atom is 0.175 e. The predicted octanol–water partition coefficient (Wildman–Crippen LogP) is 3.45. The molecule has 4 nitrogen and oxygen atoms in total. The molecule has 2 saturated carbocycles. The fraction of sp³-hybridized carbons (Fsp3) is 0.438. The van der Waals surface area contributed by atoms with Crippen molar-refractivity contribution < 1.29 is 9.26 Å². The molecule has 104 valence electrons. The van der Waals surface area contributed by atoms with Gasteiger partial charge < -0.3 is 15.0 Å². The Morgan fingerprint density at radius 1 is 1.20 bits per heavy atom. The van der Waals surface area contributed by atoms with Crippen LogP contribution in [0, 0.1) is 11.8 Å². The van der Waals surface area contributed by atoms with Gasteiger partial charge in [0.1, 0.15) is 11.5 Å². The molecule has 2 fully saturated rings. The van der Waals surface area contributed by atoms with Crippen LogP contribution in [0.1, 0.15) is 30.9 Å². The van der Waals surface area contributed by atoms with E-state index in [2.05, 4.69) is 5.16 Å². The third kappa shape index (κ3) is 1.64. The van der Waals surface area contributed by atoms with Crippen LogP contribution in [0.5, 0.6) is 5.75 Å². The van der Waals surface area contributed by atoms with Crippen LogP contribution in [0.2, 0.25) is 0 Å². The minimum absolute atomic E-state index is 0.496. The van der Waals surface area contributed by atoms with Gasteiger partial charge in [-0.25, -0.2) is 0 Å². The summed E-state index contributed by atoms with van der Waals surface area (Å²) >= 11 is 0. The molecule has 1 aromatic carbocycles. The molecule has 2 aromatic rings. The maximum atomic E-state index is 6.02. The highest BCUT2D eigenvalue weighted by atomic mass is 16.5. The van der Waals surface area contributed by atoms with Crippen molar-refractivity contribution in [2.45, 2.75) is 25.2 Å². The Kier molecular flexibility index (Phi) is 2.52. The fourth-order valence-electron chi connectivity index (χ4n) is 3.80. The van der Waals surface area contributed by atoms with Gasteiger partial charge in [-0.3, -0.25) is 0 Å².